The average molecular weight is 387 g/mol. The number of methoxy groups -OCH3 is 1. The fourth-order valence-electron chi connectivity index (χ4n) is 3.12. The highest BCUT2D eigenvalue weighted by atomic mass is 32.1. The Kier molecular flexibility index (Phi) is 5.91. The van der Waals surface area contributed by atoms with Crippen LogP contribution in [0, 0.1) is 6.92 Å². The van der Waals surface area contributed by atoms with Gasteiger partial charge in [-0.3, -0.25) is 4.79 Å². The fraction of sp³-hybridized carbons (Fsp3) is 0.350. The number of nitrogens with one attached hydrogen (secondary N) is 1. The second kappa shape index (κ2) is 8.35. The summed E-state index contributed by atoms with van der Waals surface area (Å²) in [6.45, 7) is 1.45. The van der Waals surface area contributed by atoms with E-state index in [9.17, 15) is 14.4 Å². The molecule has 2 aromatic rings. The van der Waals surface area contributed by atoms with Crippen molar-refractivity contribution in [1.82, 2.24) is 0 Å². The molecule has 1 N–H and O–H groups in total. The minimum atomic E-state index is -0.562. The van der Waals surface area contributed by atoms with E-state index in [-0.39, 0.29) is 0 Å². The lowest BCUT2D eigenvalue weighted by Gasteiger charge is -2.11. The number of aryl methyl sites for hydroxylation is 2. The lowest BCUT2D eigenvalue weighted by atomic mass is 9.95. The maximum Gasteiger partial charge on any atom is 0.341 e. The fourth-order valence-corrected chi connectivity index (χ4v) is 4.41. The van der Waals surface area contributed by atoms with Crippen LogP contribution in [0.3, 0.4) is 0 Å². The minimum Gasteiger partial charge on any atom is -0.465 e. The van der Waals surface area contributed by atoms with Crippen LogP contribution in [-0.2, 0) is 27.1 Å². The molecular formula is C20H21NO5S. The Labute approximate surface area is 161 Å². The van der Waals surface area contributed by atoms with E-state index >= 15 is 0 Å². The van der Waals surface area contributed by atoms with Crippen molar-refractivity contribution < 1.29 is 23.9 Å². The number of esters is 2. The van der Waals surface area contributed by atoms with Gasteiger partial charge in [0.1, 0.15) is 5.00 Å². The first-order valence-electron chi connectivity index (χ1n) is 8.76. The topological polar surface area (TPSA) is 81.7 Å². The zero-order valence-corrected chi connectivity index (χ0v) is 16.1. The van der Waals surface area contributed by atoms with Crippen LogP contribution in [0.1, 0.15) is 49.6 Å². The van der Waals surface area contributed by atoms with Gasteiger partial charge in [0.05, 0.1) is 18.2 Å². The van der Waals surface area contributed by atoms with Crippen LogP contribution in [-0.4, -0.2) is 31.6 Å². The summed E-state index contributed by atoms with van der Waals surface area (Å²) in [5.41, 5.74) is 2.71. The third-order valence-electron chi connectivity index (χ3n) is 4.40. The molecule has 1 heterocycles. The Morgan fingerprint density at radius 1 is 1.15 bits per heavy atom. The number of carbonyl (C=O) groups is 3. The predicted octanol–water partition coefficient (Wildman–Crippen LogP) is 3.52. The number of fused-ring (bicyclic) bond motifs is 1. The first-order chi connectivity index (χ1) is 13.0. The molecule has 1 amide bonds. The highest BCUT2D eigenvalue weighted by Gasteiger charge is 2.27. The van der Waals surface area contributed by atoms with E-state index in [1.54, 1.807) is 18.2 Å². The molecule has 0 spiro atoms. The van der Waals surface area contributed by atoms with E-state index in [0.717, 1.165) is 41.7 Å². The van der Waals surface area contributed by atoms with Crippen molar-refractivity contribution in [3.8, 4) is 0 Å². The van der Waals surface area contributed by atoms with Crippen LogP contribution in [0.4, 0.5) is 5.00 Å². The van der Waals surface area contributed by atoms with Crippen molar-refractivity contribution in [2.45, 2.75) is 32.6 Å². The molecule has 0 saturated heterocycles. The van der Waals surface area contributed by atoms with Gasteiger partial charge in [-0.2, -0.15) is 0 Å². The number of thiophene rings is 1. The van der Waals surface area contributed by atoms with Gasteiger partial charge in [0.15, 0.2) is 6.61 Å². The summed E-state index contributed by atoms with van der Waals surface area (Å²) < 4.78 is 9.96. The molecular weight excluding hydrogens is 366 g/mol. The lowest BCUT2D eigenvalue weighted by molar-refractivity contribution is -0.119. The normalized spacial score (nSPS) is 12.8. The average Bonchev–Trinajstić information content (AvgIpc) is 3.03. The zero-order valence-electron chi connectivity index (χ0n) is 15.3. The molecule has 1 aliphatic rings. The van der Waals surface area contributed by atoms with E-state index in [2.05, 4.69) is 5.32 Å². The van der Waals surface area contributed by atoms with Gasteiger partial charge in [-0.1, -0.05) is 17.7 Å². The van der Waals surface area contributed by atoms with Gasteiger partial charge in [-0.05, 0) is 50.3 Å². The Balaban J connectivity index is 1.68. The summed E-state index contributed by atoms with van der Waals surface area (Å²) in [4.78, 5) is 37.6. The number of anilines is 1. The molecule has 0 unspecified atom stereocenters. The summed E-state index contributed by atoms with van der Waals surface area (Å²) in [7, 11) is 1.32. The summed E-state index contributed by atoms with van der Waals surface area (Å²) >= 11 is 1.39. The molecule has 142 valence electrons. The number of rotatable bonds is 5. The molecule has 3 rings (SSSR count). The molecule has 0 fully saturated rings. The van der Waals surface area contributed by atoms with Crippen molar-refractivity contribution in [1.29, 1.82) is 0 Å². The molecule has 1 aliphatic carbocycles. The first-order valence-corrected chi connectivity index (χ1v) is 9.57. The summed E-state index contributed by atoms with van der Waals surface area (Å²) in [5, 5.41) is 3.17. The molecule has 0 atom stereocenters. The van der Waals surface area contributed by atoms with Gasteiger partial charge in [0.2, 0.25) is 0 Å². The largest absolute Gasteiger partial charge is 0.465 e. The van der Waals surface area contributed by atoms with Crippen LogP contribution in [0.5, 0.6) is 0 Å². The van der Waals surface area contributed by atoms with Gasteiger partial charge in [0.25, 0.3) is 5.91 Å². The summed E-state index contributed by atoms with van der Waals surface area (Å²) in [6.07, 6.45) is 3.77. The number of hydrogen-bond acceptors (Lipinski definition) is 6. The summed E-state index contributed by atoms with van der Waals surface area (Å²) in [5.74, 6) is -1.51. The van der Waals surface area contributed by atoms with Gasteiger partial charge in [-0.25, -0.2) is 9.59 Å². The van der Waals surface area contributed by atoms with Crippen molar-refractivity contribution in [3.05, 3.63) is 51.4 Å². The Morgan fingerprint density at radius 3 is 2.67 bits per heavy atom. The van der Waals surface area contributed by atoms with E-state index in [1.165, 1.54) is 18.4 Å². The lowest BCUT2D eigenvalue weighted by Crippen LogP contribution is -2.21. The molecule has 0 saturated carbocycles. The van der Waals surface area contributed by atoms with Crippen LogP contribution in [0.15, 0.2) is 24.3 Å². The second-order valence-electron chi connectivity index (χ2n) is 6.40. The molecule has 0 radical (unpaired) electrons. The van der Waals surface area contributed by atoms with E-state index < -0.39 is 24.5 Å². The van der Waals surface area contributed by atoms with Crippen LogP contribution >= 0.6 is 11.3 Å². The third kappa shape index (κ3) is 4.36. The van der Waals surface area contributed by atoms with Gasteiger partial charge >= 0.3 is 11.9 Å². The van der Waals surface area contributed by atoms with Crippen LogP contribution < -0.4 is 5.32 Å². The maximum atomic E-state index is 12.3. The van der Waals surface area contributed by atoms with E-state index in [1.807, 2.05) is 13.0 Å². The molecule has 1 aromatic heterocycles. The minimum absolute atomic E-state index is 0.393. The number of carbonyl (C=O) groups excluding carboxylic acids is 3. The smallest absolute Gasteiger partial charge is 0.341 e. The van der Waals surface area contributed by atoms with Gasteiger partial charge in [-0.15, -0.1) is 11.3 Å². The monoisotopic (exact) mass is 387 g/mol. The first kappa shape index (κ1) is 19.1. The van der Waals surface area contributed by atoms with E-state index in [0.29, 0.717) is 16.1 Å². The molecule has 7 heteroatoms. The number of benzene rings is 1. The molecule has 1 aromatic carbocycles. The molecule has 6 nitrogen and oxygen atoms in total. The predicted molar refractivity (Wildman–Crippen MR) is 102 cm³/mol. The second-order valence-corrected chi connectivity index (χ2v) is 7.51. The number of ether oxygens (including phenoxy) is 2. The Bertz CT molecular complexity index is 886. The van der Waals surface area contributed by atoms with Crippen LogP contribution in [0.2, 0.25) is 0 Å². The van der Waals surface area contributed by atoms with Gasteiger partial charge < -0.3 is 14.8 Å². The zero-order chi connectivity index (χ0) is 19.4. The number of hydrogen-bond donors (Lipinski definition) is 1. The Morgan fingerprint density at radius 2 is 1.93 bits per heavy atom. The highest BCUT2D eigenvalue weighted by molar-refractivity contribution is 7.17. The number of amides is 1. The Hall–Kier alpha value is -2.67. The summed E-state index contributed by atoms with van der Waals surface area (Å²) in [6, 6.07) is 6.96. The maximum absolute atomic E-state index is 12.3. The van der Waals surface area contributed by atoms with Gasteiger partial charge in [0, 0.05) is 4.88 Å². The molecule has 27 heavy (non-hydrogen) atoms. The highest BCUT2D eigenvalue weighted by Crippen LogP contribution is 2.38. The van der Waals surface area contributed by atoms with Crippen molar-refractivity contribution in [3.63, 3.8) is 0 Å². The third-order valence-corrected chi connectivity index (χ3v) is 5.61. The van der Waals surface area contributed by atoms with Crippen LogP contribution in [0.25, 0.3) is 0 Å². The molecule has 0 aliphatic heterocycles. The standard InChI is InChI=1S/C20H21NO5S/c1-12-6-5-7-13(10-12)19(23)26-11-16(22)21-18-17(20(24)25-2)14-8-3-4-9-15(14)27-18/h5-7,10H,3-4,8-9,11H2,1-2H3,(H,21,22). The molecule has 0 bridgehead atoms. The van der Waals surface area contributed by atoms with Crippen molar-refractivity contribution in [2.24, 2.45) is 0 Å². The SMILES string of the molecule is COC(=O)c1c(NC(=O)COC(=O)c2cccc(C)c2)sc2c1CCCC2. The van der Waals surface area contributed by atoms with Crippen molar-refractivity contribution >= 4 is 34.2 Å². The van der Waals surface area contributed by atoms with E-state index in [4.69, 9.17) is 9.47 Å². The van der Waals surface area contributed by atoms with Crippen molar-refractivity contribution in [2.75, 3.05) is 19.0 Å². The quantitative estimate of drug-likeness (QED) is 0.794.